The molecule has 1 saturated carbocycles. The first-order chi connectivity index (χ1) is 13.0. The van der Waals surface area contributed by atoms with Crippen molar-refractivity contribution in [2.75, 3.05) is 6.61 Å². The van der Waals surface area contributed by atoms with Crippen molar-refractivity contribution in [1.29, 1.82) is 0 Å². The van der Waals surface area contributed by atoms with Crippen LogP contribution in [0.3, 0.4) is 0 Å². The van der Waals surface area contributed by atoms with E-state index in [1.165, 1.54) is 0 Å². The Morgan fingerprint density at radius 2 is 1.74 bits per heavy atom. The number of amides is 2. The van der Waals surface area contributed by atoms with Gasteiger partial charge in [0.1, 0.15) is 5.75 Å². The van der Waals surface area contributed by atoms with Crippen LogP contribution in [0, 0.1) is 23.7 Å². The fourth-order valence-corrected chi connectivity index (χ4v) is 3.81. The first-order valence-corrected chi connectivity index (χ1v) is 9.23. The van der Waals surface area contributed by atoms with Crippen LogP contribution in [0.4, 0.5) is 0 Å². The quantitative estimate of drug-likeness (QED) is 0.419. The molecule has 27 heavy (non-hydrogen) atoms. The molecule has 1 aromatic carbocycles. The van der Waals surface area contributed by atoms with E-state index >= 15 is 0 Å². The normalized spacial score (nSPS) is 25.2. The topological polar surface area (TPSA) is 108 Å². The molecule has 0 aliphatic heterocycles. The number of carboxylic acids is 1. The summed E-state index contributed by atoms with van der Waals surface area (Å²) in [6.45, 7) is 2.70. The van der Waals surface area contributed by atoms with Crippen molar-refractivity contribution in [2.24, 2.45) is 23.7 Å². The molecule has 2 aliphatic carbocycles. The molecule has 2 N–H and O–H groups in total. The highest BCUT2D eigenvalue weighted by molar-refractivity contribution is 5.96. The SMILES string of the molecule is CCCCOc1ccc(C(=O)NNC(=O)C2C3C=CC(C3)C2C(=O)[O-])cc1. The first kappa shape index (κ1) is 18.9. The third-order valence-corrected chi connectivity index (χ3v) is 5.22. The molecule has 0 heterocycles. The van der Waals surface area contributed by atoms with Crippen molar-refractivity contribution in [1.82, 2.24) is 10.9 Å². The monoisotopic (exact) mass is 371 g/mol. The summed E-state index contributed by atoms with van der Waals surface area (Å²) < 4.78 is 5.54. The summed E-state index contributed by atoms with van der Waals surface area (Å²) in [5, 5.41) is 11.4. The van der Waals surface area contributed by atoms with E-state index in [4.69, 9.17) is 4.74 Å². The number of unbranched alkanes of at least 4 members (excludes halogenated alkanes) is 1. The summed E-state index contributed by atoms with van der Waals surface area (Å²) in [6.07, 6.45) is 6.33. The standard InChI is InChI=1S/C20H24N2O5/c1-2-3-10-27-15-8-6-12(7-9-15)18(23)21-22-19(24)16-13-4-5-14(11-13)17(16)20(25)26/h4-9,13-14,16-17H,2-3,10-11H2,1H3,(H,21,23)(H,22,24)(H,25,26)/p-1. The number of carboxylic acid groups (broad SMARTS) is 1. The molecule has 1 aromatic rings. The highest BCUT2D eigenvalue weighted by atomic mass is 16.5. The van der Waals surface area contributed by atoms with Crippen LogP contribution in [-0.2, 0) is 9.59 Å². The van der Waals surface area contributed by atoms with Crippen molar-refractivity contribution >= 4 is 17.8 Å². The number of allylic oxidation sites excluding steroid dienone is 2. The van der Waals surface area contributed by atoms with Gasteiger partial charge in [0.15, 0.2) is 0 Å². The number of nitrogens with one attached hydrogen (secondary N) is 2. The largest absolute Gasteiger partial charge is 0.550 e. The summed E-state index contributed by atoms with van der Waals surface area (Å²) in [5.74, 6) is -3.41. The van der Waals surface area contributed by atoms with Crippen molar-refractivity contribution in [3.05, 3.63) is 42.0 Å². The minimum atomic E-state index is -1.23. The number of hydrazine groups is 1. The molecule has 7 heteroatoms. The Hall–Kier alpha value is -2.83. The number of fused-ring (bicyclic) bond motifs is 2. The molecular weight excluding hydrogens is 348 g/mol. The highest BCUT2D eigenvalue weighted by Gasteiger charge is 2.48. The van der Waals surface area contributed by atoms with Crippen molar-refractivity contribution in [3.8, 4) is 5.75 Å². The van der Waals surface area contributed by atoms with Crippen molar-refractivity contribution in [2.45, 2.75) is 26.2 Å². The van der Waals surface area contributed by atoms with Crippen LogP contribution in [0.15, 0.2) is 36.4 Å². The van der Waals surface area contributed by atoms with Crippen LogP contribution in [0.1, 0.15) is 36.5 Å². The number of ether oxygens (including phenoxy) is 1. The van der Waals surface area contributed by atoms with Crippen LogP contribution >= 0.6 is 0 Å². The molecule has 3 rings (SSSR count). The van der Waals surface area contributed by atoms with Gasteiger partial charge in [-0.3, -0.25) is 20.4 Å². The number of carbonyl (C=O) groups is 3. The summed E-state index contributed by atoms with van der Waals surface area (Å²) in [4.78, 5) is 36.0. The van der Waals surface area contributed by atoms with Crippen molar-refractivity contribution in [3.63, 3.8) is 0 Å². The average molecular weight is 371 g/mol. The Morgan fingerprint density at radius 3 is 2.37 bits per heavy atom. The Kier molecular flexibility index (Phi) is 5.78. The lowest BCUT2D eigenvalue weighted by Crippen LogP contribution is -2.50. The second-order valence-corrected chi connectivity index (χ2v) is 6.99. The van der Waals surface area contributed by atoms with E-state index in [1.54, 1.807) is 24.3 Å². The van der Waals surface area contributed by atoms with Crippen molar-refractivity contribution < 1.29 is 24.2 Å². The van der Waals surface area contributed by atoms with E-state index in [0.29, 0.717) is 24.3 Å². The summed E-state index contributed by atoms with van der Waals surface area (Å²) in [6, 6.07) is 6.60. The Balaban J connectivity index is 1.53. The molecule has 0 aromatic heterocycles. The zero-order valence-electron chi connectivity index (χ0n) is 15.1. The molecule has 2 amide bonds. The van der Waals surface area contributed by atoms with Gasteiger partial charge in [-0.05, 0) is 48.9 Å². The van der Waals surface area contributed by atoms with Gasteiger partial charge in [-0.2, -0.15) is 0 Å². The van der Waals surface area contributed by atoms with Gasteiger partial charge in [-0.15, -0.1) is 0 Å². The average Bonchev–Trinajstić information content (AvgIpc) is 3.28. The van der Waals surface area contributed by atoms with Gasteiger partial charge in [0.25, 0.3) is 5.91 Å². The van der Waals surface area contributed by atoms with Crippen LogP contribution in [0.5, 0.6) is 5.75 Å². The van der Waals surface area contributed by atoms with Crippen LogP contribution in [-0.4, -0.2) is 24.4 Å². The molecule has 2 bridgehead atoms. The highest BCUT2D eigenvalue weighted by Crippen LogP contribution is 2.47. The molecule has 1 fully saturated rings. The second-order valence-electron chi connectivity index (χ2n) is 6.99. The van der Waals surface area contributed by atoms with E-state index < -0.39 is 29.6 Å². The van der Waals surface area contributed by atoms with E-state index in [2.05, 4.69) is 17.8 Å². The molecule has 0 spiro atoms. The lowest BCUT2D eigenvalue weighted by molar-refractivity contribution is -0.313. The fraction of sp³-hybridized carbons (Fsp3) is 0.450. The molecule has 7 nitrogen and oxygen atoms in total. The third kappa shape index (κ3) is 4.13. The van der Waals surface area contributed by atoms with Crippen LogP contribution in [0.2, 0.25) is 0 Å². The van der Waals surface area contributed by atoms with Gasteiger partial charge >= 0.3 is 0 Å². The van der Waals surface area contributed by atoms with E-state index in [-0.39, 0.29) is 11.8 Å². The smallest absolute Gasteiger partial charge is 0.269 e. The lowest BCUT2D eigenvalue weighted by Gasteiger charge is -2.27. The van der Waals surface area contributed by atoms with Crippen LogP contribution in [0.25, 0.3) is 0 Å². The first-order valence-electron chi connectivity index (χ1n) is 9.23. The lowest BCUT2D eigenvalue weighted by atomic mass is 9.82. The molecule has 4 unspecified atom stereocenters. The molecule has 0 radical (unpaired) electrons. The molecule has 144 valence electrons. The van der Waals surface area contributed by atoms with Gasteiger partial charge < -0.3 is 14.6 Å². The Labute approximate surface area is 157 Å². The van der Waals surface area contributed by atoms with Gasteiger partial charge in [-0.25, -0.2) is 0 Å². The predicted octanol–water partition coefficient (Wildman–Crippen LogP) is 0.815. The number of hydrogen-bond donors (Lipinski definition) is 2. The number of benzene rings is 1. The second kappa shape index (κ2) is 8.24. The summed E-state index contributed by atoms with van der Waals surface area (Å²) in [7, 11) is 0. The number of rotatable bonds is 7. The number of carbonyl (C=O) groups excluding carboxylic acids is 3. The number of aliphatic carboxylic acids is 1. The maximum Gasteiger partial charge on any atom is 0.269 e. The third-order valence-electron chi connectivity index (χ3n) is 5.22. The number of hydrogen-bond acceptors (Lipinski definition) is 5. The Bertz CT molecular complexity index is 743. The van der Waals surface area contributed by atoms with Crippen LogP contribution < -0.4 is 20.7 Å². The molecule has 4 atom stereocenters. The summed E-state index contributed by atoms with van der Waals surface area (Å²) >= 11 is 0. The zero-order chi connectivity index (χ0) is 19.4. The zero-order valence-corrected chi connectivity index (χ0v) is 15.1. The molecule has 0 saturated heterocycles. The molecule has 2 aliphatic rings. The van der Waals surface area contributed by atoms with Gasteiger partial charge in [0.2, 0.25) is 5.91 Å². The maximum atomic E-state index is 12.4. The van der Waals surface area contributed by atoms with Gasteiger partial charge in [-0.1, -0.05) is 25.5 Å². The van der Waals surface area contributed by atoms with Gasteiger partial charge in [0, 0.05) is 17.5 Å². The Morgan fingerprint density at radius 1 is 1.07 bits per heavy atom. The van der Waals surface area contributed by atoms with E-state index in [9.17, 15) is 19.5 Å². The maximum absolute atomic E-state index is 12.4. The fourth-order valence-electron chi connectivity index (χ4n) is 3.81. The minimum Gasteiger partial charge on any atom is -0.550 e. The van der Waals surface area contributed by atoms with E-state index in [1.807, 2.05) is 12.2 Å². The minimum absolute atomic E-state index is 0.130. The van der Waals surface area contributed by atoms with E-state index in [0.717, 1.165) is 12.8 Å². The summed E-state index contributed by atoms with van der Waals surface area (Å²) in [5.41, 5.74) is 5.07. The predicted molar refractivity (Wildman–Crippen MR) is 95.2 cm³/mol. The van der Waals surface area contributed by atoms with Gasteiger partial charge in [0.05, 0.1) is 12.5 Å². The molecular formula is C20H23N2O5-.